The fourth-order valence-electron chi connectivity index (χ4n) is 1.11. The monoisotopic (exact) mass is 245 g/mol. The van der Waals surface area contributed by atoms with Gasteiger partial charge in [0.25, 0.3) is 0 Å². The minimum Gasteiger partial charge on any atom is -0.308 e. The molecule has 0 amide bonds. The summed E-state index contributed by atoms with van der Waals surface area (Å²) in [6, 6.07) is 7.64. The van der Waals surface area contributed by atoms with E-state index in [0.717, 1.165) is 17.0 Å². The third-order valence-electron chi connectivity index (χ3n) is 2.06. The molecule has 1 aromatic rings. The van der Waals surface area contributed by atoms with Crippen LogP contribution in [0.5, 0.6) is 0 Å². The Labute approximate surface area is 98.7 Å². The van der Waals surface area contributed by atoms with Crippen LogP contribution in [0.25, 0.3) is 0 Å². The van der Waals surface area contributed by atoms with E-state index < -0.39 is 10.8 Å². The molecule has 84 valence electrons. The highest BCUT2D eigenvalue weighted by Gasteiger charge is 2.03. The van der Waals surface area contributed by atoms with Crippen molar-refractivity contribution in [2.75, 3.05) is 26.4 Å². The van der Waals surface area contributed by atoms with Crippen molar-refractivity contribution in [1.82, 2.24) is 4.90 Å². The summed E-state index contributed by atoms with van der Waals surface area (Å²) in [5.74, 6) is 1.18. The highest BCUT2D eigenvalue weighted by molar-refractivity contribution is 7.85. The van der Waals surface area contributed by atoms with E-state index in [4.69, 9.17) is 11.6 Å². The summed E-state index contributed by atoms with van der Waals surface area (Å²) < 4.78 is 11.8. The summed E-state index contributed by atoms with van der Waals surface area (Å²) in [6.07, 6.45) is 0. The summed E-state index contributed by atoms with van der Waals surface area (Å²) in [5.41, 5.74) is 1.06. The summed E-state index contributed by atoms with van der Waals surface area (Å²) in [7, 11) is 3.06. The van der Waals surface area contributed by atoms with E-state index in [1.165, 1.54) is 0 Å². The summed E-state index contributed by atoms with van der Waals surface area (Å²) in [4.78, 5) is 2.91. The van der Waals surface area contributed by atoms with Crippen molar-refractivity contribution in [2.45, 2.75) is 10.8 Å². The molecule has 0 saturated heterocycles. The standard InChI is InChI=1S/C11H16ClNOS/c1-13(2)7-8-15(14)11-5-3-10(9-12)4-6-11/h3-6H,7-9H2,1-2H3. The van der Waals surface area contributed by atoms with Crippen molar-refractivity contribution in [2.24, 2.45) is 0 Å². The Morgan fingerprint density at radius 3 is 2.33 bits per heavy atom. The van der Waals surface area contributed by atoms with Gasteiger partial charge in [-0.05, 0) is 31.8 Å². The van der Waals surface area contributed by atoms with Gasteiger partial charge in [-0.1, -0.05) is 12.1 Å². The number of nitrogens with zero attached hydrogens (tertiary/aromatic N) is 1. The molecule has 0 fully saturated rings. The van der Waals surface area contributed by atoms with E-state index in [0.29, 0.717) is 11.6 Å². The van der Waals surface area contributed by atoms with E-state index in [2.05, 4.69) is 0 Å². The fraction of sp³-hybridized carbons (Fsp3) is 0.455. The van der Waals surface area contributed by atoms with Gasteiger partial charge in [-0.25, -0.2) is 0 Å². The minimum atomic E-state index is -0.899. The Morgan fingerprint density at radius 1 is 1.27 bits per heavy atom. The molecule has 0 saturated carbocycles. The molecule has 0 aliphatic heterocycles. The largest absolute Gasteiger partial charge is 0.308 e. The van der Waals surface area contributed by atoms with Crippen LogP contribution in [0.3, 0.4) is 0 Å². The van der Waals surface area contributed by atoms with Crippen LogP contribution in [0, 0.1) is 0 Å². The van der Waals surface area contributed by atoms with E-state index in [1.807, 2.05) is 43.3 Å². The molecule has 4 heteroatoms. The van der Waals surface area contributed by atoms with Crippen LogP contribution >= 0.6 is 11.6 Å². The molecule has 15 heavy (non-hydrogen) atoms. The zero-order valence-corrected chi connectivity index (χ0v) is 10.6. The van der Waals surface area contributed by atoms with E-state index in [-0.39, 0.29) is 0 Å². The lowest BCUT2D eigenvalue weighted by Crippen LogP contribution is -2.18. The normalized spacial score (nSPS) is 13.1. The van der Waals surface area contributed by atoms with Crippen molar-refractivity contribution in [3.63, 3.8) is 0 Å². The quantitative estimate of drug-likeness (QED) is 0.741. The third-order valence-corrected chi connectivity index (χ3v) is 3.72. The van der Waals surface area contributed by atoms with Crippen molar-refractivity contribution in [3.05, 3.63) is 29.8 Å². The van der Waals surface area contributed by atoms with Gasteiger partial charge in [-0.2, -0.15) is 0 Å². The van der Waals surface area contributed by atoms with Crippen LogP contribution < -0.4 is 0 Å². The first-order valence-electron chi connectivity index (χ1n) is 4.81. The molecule has 1 atom stereocenters. The molecule has 0 heterocycles. The van der Waals surface area contributed by atoms with Gasteiger partial charge in [-0.3, -0.25) is 4.21 Å². The maximum atomic E-state index is 11.8. The molecule has 0 radical (unpaired) electrons. The van der Waals surface area contributed by atoms with E-state index in [1.54, 1.807) is 0 Å². The topological polar surface area (TPSA) is 20.3 Å². The first kappa shape index (κ1) is 12.7. The second-order valence-corrected chi connectivity index (χ2v) is 5.47. The maximum Gasteiger partial charge on any atom is 0.0542 e. The van der Waals surface area contributed by atoms with Crippen molar-refractivity contribution in [1.29, 1.82) is 0 Å². The van der Waals surface area contributed by atoms with Gasteiger partial charge in [0, 0.05) is 23.1 Å². The Hall–Kier alpha value is -0.380. The Balaban J connectivity index is 2.58. The van der Waals surface area contributed by atoms with Crippen LogP contribution in [0.1, 0.15) is 5.56 Å². The molecule has 2 nitrogen and oxygen atoms in total. The predicted molar refractivity (Wildman–Crippen MR) is 65.8 cm³/mol. The Morgan fingerprint density at radius 2 is 1.87 bits per heavy atom. The molecule has 1 aromatic carbocycles. The predicted octanol–water partition coefficient (Wildman–Crippen LogP) is 2.09. The second-order valence-electron chi connectivity index (χ2n) is 3.63. The Bertz CT molecular complexity index is 324. The van der Waals surface area contributed by atoms with Crippen LogP contribution in [0.15, 0.2) is 29.2 Å². The molecule has 0 aliphatic carbocycles. The lowest BCUT2D eigenvalue weighted by molar-refractivity contribution is 0.435. The van der Waals surface area contributed by atoms with Gasteiger partial charge >= 0.3 is 0 Å². The molecule has 0 spiro atoms. The molecule has 0 N–H and O–H groups in total. The zero-order chi connectivity index (χ0) is 11.3. The zero-order valence-electron chi connectivity index (χ0n) is 9.07. The van der Waals surface area contributed by atoms with Crippen molar-refractivity contribution >= 4 is 22.4 Å². The van der Waals surface area contributed by atoms with Gasteiger partial charge in [0.05, 0.1) is 10.8 Å². The lowest BCUT2D eigenvalue weighted by Gasteiger charge is -2.08. The SMILES string of the molecule is CN(C)CCS(=O)c1ccc(CCl)cc1. The molecular weight excluding hydrogens is 230 g/mol. The highest BCUT2D eigenvalue weighted by atomic mass is 35.5. The molecular formula is C11H16ClNOS. The summed E-state index contributed by atoms with van der Waals surface area (Å²) in [6.45, 7) is 0.837. The third kappa shape index (κ3) is 4.33. The molecule has 0 aliphatic rings. The van der Waals surface area contributed by atoms with E-state index >= 15 is 0 Å². The second kappa shape index (κ2) is 6.26. The van der Waals surface area contributed by atoms with Crippen LogP contribution in [-0.4, -0.2) is 35.5 Å². The number of halogens is 1. The number of alkyl halides is 1. The number of benzene rings is 1. The highest BCUT2D eigenvalue weighted by Crippen LogP contribution is 2.10. The molecule has 1 rings (SSSR count). The van der Waals surface area contributed by atoms with Crippen LogP contribution in [0.2, 0.25) is 0 Å². The lowest BCUT2D eigenvalue weighted by atomic mass is 10.2. The number of rotatable bonds is 5. The average molecular weight is 246 g/mol. The van der Waals surface area contributed by atoms with Gasteiger partial charge in [0.1, 0.15) is 0 Å². The van der Waals surface area contributed by atoms with Gasteiger partial charge in [-0.15, -0.1) is 11.6 Å². The van der Waals surface area contributed by atoms with Crippen LogP contribution in [-0.2, 0) is 16.7 Å². The van der Waals surface area contributed by atoms with Gasteiger partial charge in [0.2, 0.25) is 0 Å². The number of hydrogen-bond donors (Lipinski definition) is 0. The fourth-order valence-corrected chi connectivity index (χ4v) is 2.50. The molecule has 1 unspecified atom stereocenters. The number of hydrogen-bond acceptors (Lipinski definition) is 2. The van der Waals surface area contributed by atoms with Crippen molar-refractivity contribution < 1.29 is 4.21 Å². The summed E-state index contributed by atoms with van der Waals surface area (Å²) >= 11 is 5.68. The van der Waals surface area contributed by atoms with Gasteiger partial charge < -0.3 is 4.90 Å². The van der Waals surface area contributed by atoms with E-state index in [9.17, 15) is 4.21 Å². The van der Waals surface area contributed by atoms with Gasteiger partial charge in [0.15, 0.2) is 0 Å². The van der Waals surface area contributed by atoms with Crippen molar-refractivity contribution in [3.8, 4) is 0 Å². The maximum absolute atomic E-state index is 11.8. The van der Waals surface area contributed by atoms with Crippen LogP contribution in [0.4, 0.5) is 0 Å². The average Bonchev–Trinajstić information content (AvgIpc) is 2.26. The first-order chi connectivity index (χ1) is 7.13. The minimum absolute atomic E-state index is 0.505. The Kier molecular flexibility index (Phi) is 5.29. The molecule has 0 bridgehead atoms. The summed E-state index contributed by atoms with van der Waals surface area (Å²) in [5, 5.41) is 0. The smallest absolute Gasteiger partial charge is 0.0542 e. The molecule has 0 aromatic heterocycles. The first-order valence-corrected chi connectivity index (χ1v) is 6.67.